The summed E-state index contributed by atoms with van der Waals surface area (Å²) in [5.74, 6) is 1.75. The molecule has 0 bridgehead atoms. The molecule has 7 aromatic rings. The van der Waals surface area contributed by atoms with E-state index in [1.807, 2.05) is 24.3 Å². The van der Waals surface area contributed by atoms with E-state index in [1.54, 1.807) is 0 Å². The number of nitrogens with zero attached hydrogens (tertiary/aromatic N) is 4. The second-order valence-electron chi connectivity index (χ2n) is 14.5. The normalized spacial score (nSPS) is 19.3. The number of aliphatic imine (C=N–C) groups is 2. The summed E-state index contributed by atoms with van der Waals surface area (Å²) >= 11 is 0. The second-order valence-corrected chi connectivity index (χ2v) is 14.5. The molecule has 0 fully saturated rings. The smallest absolute Gasteiger partial charge is 0.136 e. The molecule has 0 aliphatic carbocycles. The average Bonchev–Trinajstić information content (AvgIpc) is 3.83. The Morgan fingerprint density at radius 1 is 0.400 bits per heavy atom. The highest BCUT2D eigenvalue weighted by molar-refractivity contribution is 6.16. The van der Waals surface area contributed by atoms with E-state index in [0.717, 1.165) is 56.4 Å². The van der Waals surface area contributed by atoms with Crippen LogP contribution in [0, 0.1) is 13.8 Å². The van der Waals surface area contributed by atoms with E-state index >= 15 is 0 Å². The van der Waals surface area contributed by atoms with Gasteiger partial charge in [-0.3, -0.25) is 9.98 Å². The van der Waals surface area contributed by atoms with E-state index in [9.17, 15) is 5.11 Å². The monoisotopic (exact) mass is 714 g/mol. The number of aromatic hydroxyl groups is 1. The summed E-state index contributed by atoms with van der Waals surface area (Å²) in [6, 6.07) is 64.8. The van der Waals surface area contributed by atoms with Crippen LogP contribution in [0.4, 0.5) is 11.4 Å². The van der Waals surface area contributed by atoms with Crippen molar-refractivity contribution in [3.8, 4) is 5.75 Å². The minimum absolute atomic E-state index is 0.120. The van der Waals surface area contributed by atoms with Gasteiger partial charge in [0.15, 0.2) is 0 Å². The van der Waals surface area contributed by atoms with E-state index < -0.39 is 0 Å². The van der Waals surface area contributed by atoms with E-state index in [1.165, 1.54) is 11.1 Å². The Morgan fingerprint density at radius 3 is 1.07 bits per heavy atom. The van der Waals surface area contributed by atoms with Crippen molar-refractivity contribution >= 4 is 23.0 Å². The maximum Gasteiger partial charge on any atom is 0.136 e. The molecule has 0 aromatic heterocycles. The lowest BCUT2D eigenvalue weighted by atomic mass is 9.93. The van der Waals surface area contributed by atoms with Gasteiger partial charge < -0.3 is 14.9 Å². The number of anilines is 2. The lowest BCUT2D eigenvalue weighted by Gasteiger charge is -2.32. The van der Waals surface area contributed by atoms with Crippen LogP contribution < -0.4 is 9.80 Å². The number of hydrogen-bond donors (Lipinski definition) is 1. The first kappa shape index (κ1) is 34.1. The number of aryl methyl sites for hydroxylation is 2. The molecule has 5 nitrogen and oxygen atoms in total. The van der Waals surface area contributed by atoms with Gasteiger partial charge in [-0.05, 0) is 78.6 Å². The van der Waals surface area contributed by atoms with Gasteiger partial charge in [-0.25, -0.2) is 0 Å². The minimum atomic E-state index is -0.191. The SMILES string of the molecule is Cc1ccc(N2C(c3cc(O)cc(C4=N[C@@H](c5ccccc5)[C@H](c5ccccc5)N4c4ccc(C)cc4)c3)=N[C@@H](c3ccccc3)[C@@H]2c2ccccc2)cc1. The molecule has 0 radical (unpaired) electrons. The number of phenols is 1. The number of phenolic OH excluding ortho intramolecular Hbond substituents is 1. The molecule has 0 saturated heterocycles. The molecule has 0 unspecified atom stereocenters. The standard InChI is InChI=1S/C50H42N4O/c1-34-23-27-42(28-24-34)53-47(38-19-11-5-12-20-38)45(36-15-7-3-8-16-36)51-49(53)40-31-41(33-44(55)32-40)50-52-46(37-17-9-4-10-18-37)48(39-21-13-6-14-22-39)54(50)43-29-25-35(2)26-30-43/h3-33,45-48,55H,1-2H3/t45-,46-,47-,48-/m0/s1. The third-order valence-electron chi connectivity index (χ3n) is 10.8. The van der Waals surface area contributed by atoms with Gasteiger partial charge in [-0.2, -0.15) is 0 Å². The fourth-order valence-corrected chi connectivity index (χ4v) is 8.13. The Kier molecular flexibility index (Phi) is 9.05. The van der Waals surface area contributed by atoms with Crippen LogP contribution in [-0.4, -0.2) is 16.8 Å². The van der Waals surface area contributed by atoms with Crippen LogP contribution in [0.1, 0.15) is 68.7 Å². The Balaban J connectivity index is 1.24. The third kappa shape index (κ3) is 6.59. The second kappa shape index (κ2) is 14.6. The Bertz CT molecular complexity index is 2290. The van der Waals surface area contributed by atoms with Crippen LogP contribution in [0.2, 0.25) is 0 Å². The molecule has 268 valence electrons. The first-order chi connectivity index (χ1) is 27.0. The van der Waals surface area contributed by atoms with Crippen molar-refractivity contribution in [2.24, 2.45) is 9.98 Å². The highest BCUT2D eigenvalue weighted by Gasteiger charge is 2.42. The minimum Gasteiger partial charge on any atom is -0.508 e. The lowest BCUT2D eigenvalue weighted by Crippen LogP contribution is -2.33. The van der Waals surface area contributed by atoms with Gasteiger partial charge in [0.2, 0.25) is 0 Å². The topological polar surface area (TPSA) is 51.4 Å². The lowest BCUT2D eigenvalue weighted by molar-refractivity contribution is 0.475. The number of rotatable bonds is 8. The highest BCUT2D eigenvalue weighted by atomic mass is 16.3. The molecular weight excluding hydrogens is 673 g/mol. The van der Waals surface area contributed by atoms with Crippen LogP contribution in [0.3, 0.4) is 0 Å². The first-order valence-corrected chi connectivity index (χ1v) is 18.9. The van der Waals surface area contributed by atoms with Crippen molar-refractivity contribution in [1.29, 1.82) is 0 Å². The fraction of sp³-hybridized carbons (Fsp3) is 0.120. The fourth-order valence-electron chi connectivity index (χ4n) is 8.13. The van der Waals surface area contributed by atoms with Crippen molar-refractivity contribution in [1.82, 2.24) is 0 Å². The van der Waals surface area contributed by atoms with E-state index in [0.29, 0.717) is 0 Å². The van der Waals surface area contributed by atoms with Crippen LogP contribution in [-0.2, 0) is 0 Å². The molecule has 4 atom stereocenters. The van der Waals surface area contributed by atoms with Gasteiger partial charge in [0, 0.05) is 22.5 Å². The zero-order valence-electron chi connectivity index (χ0n) is 30.9. The Morgan fingerprint density at radius 2 is 0.727 bits per heavy atom. The van der Waals surface area contributed by atoms with Crippen molar-refractivity contribution < 1.29 is 5.11 Å². The number of hydrogen-bond acceptors (Lipinski definition) is 5. The summed E-state index contributed by atoms with van der Waals surface area (Å²) in [5.41, 5.74) is 10.7. The van der Waals surface area contributed by atoms with E-state index in [-0.39, 0.29) is 29.9 Å². The zero-order valence-corrected chi connectivity index (χ0v) is 30.9. The number of benzene rings is 7. The summed E-state index contributed by atoms with van der Waals surface area (Å²) < 4.78 is 0. The van der Waals surface area contributed by atoms with Crippen LogP contribution in [0.15, 0.2) is 198 Å². The summed E-state index contributed by atoms with van der Waals surface area (Å²) in [6.07, 6.45) is 0. The summed E-state index contributed by atoms with van der Waals surface area (Å²) in [5, 5.41) is 11.7. The van der Waals surface area contributed by atoms with Gasteiger partial charge in [-0.15, -0.1) is 0 Å². The molecule has 2 aliphatic heterocycles. The van der Waals surface area contributed by atoms with E-state index in [4.69, 9.17) is 9.98 Å². The molecule has 2 heterocycles. The quantitative estimate of drug-likeness (QED) is 0.170. The van der Waals surface area contributed by atoms with Gasteiger partial charge in [0.05, 0.1) is 12.1 Å². The maximum atomic E-state index is 11.7. The van der Waals surface area contributed by atoms with Gasteiger partial charge >= 0.3 is 0 Å². The van der Waals surface area contributed by atoms with Gasteiger partial charge in [0.1, 0.15) is 29.5 Å². The summed E-state index contributed by atoms with van der Waals surface area (Å²) in [4.78, 5) is 15.8. The molecular formula is C50H42N4O. The zero-order chi connectivity index (χ0) is 37.3. The van der Waals surface area contributed by atoms with Crippen LogP contribution in [0.5, 0.6) is 5.75 Å². The highest BCUT2D eigenvalue weighted by Crippen LogP contribution is 2.48. The molecule has 0 amide bonds. The summed E-state index contributed by atoms with van der Waals surface area (Å²) in [6.45, 7) is 4.22. The van der Waals surface area contributed by atoms with Crippen molar-refractivity contribution in [2.45, 2.75) is 38.0 Å². The Labute approximate surface area is 323 Å². The van der Waals surface area contributed by atoms with Crippen molar-refractivity contribution in [2.75, 3.05) is 9.80 Å². The Hall–Kier alpha value is -6.72. The molecule has 0 spiro atoms. The number of amidine groups is 2. The summed E-state index contributed by atoms with van der Waals surface area (Å²) in [7, 11) is 0. The predicted molar refractivity (Wildman–Crippen MR) is 225 cm³/mol. The molecule has 0 saturated carbocycles. The molecule has 9 rings (SSSR count). The van der Waals surface area contributed by atoms with Crippen LogP contribution >= 0.6 is 0 Å². The molecule has 1 N–H and O–H groups in total. The van der Waals surface area contributed by atoms with Crippen molar-refractivity contribution in [3.05, 3.63) is 233 Å². The average molecular weight is 715 g/mol. The molecule has 5 heteroatoms. The third-order valence-corrected chi connectivity index (χ3v) is 10.8. The molecule has 55 heavy (non-hydrogen) atoms. The first-order valence-electron chi connectivity index (χ1n) is 18.9. The molecule has 7 aromatic carbocycles. The largest absolute Gasteiger partial charge is 0.508 e. The van der Waals surface area contributed by atoms with Crippen molar-refractivity contribution in [3.63, 3.8) is 0 Å². The molecule has 2 aliphatic rings. The maximum absolute atomic E-state index is 11.7. The predicted octanol–water partition coefficient (Wildman–Crippen LogP) is 11.5. The van der Waals surface area contributed by atoms with Gasteiger partial charge in [-0.1, -0.05) is 157 Å². The van der Waals surface area contributed by atoms with Gasteiger partial charge in [0.25, 0.3) is 0 Å². The van der Waals surface area contributed by atoms with E-state index in [2.05, 4.69) is 187 Å². The van der Waals surface area contributed by atoms with Crippen LogP contribution in [0.25, 0.3) is 0 Å².